The highest BCUT2D eigenvalue weighted by Gasteiger charge is 1.97. The number of aromatic nitrogens is 2. The van der Waals surface area contributed by atoms with Crippen LogP contribution in [0, 0.1) is 0 Å². The lowest BCUT2D eigenvalue weighted by Gasteiger charge is -2.05. The van der Waals surface area contributed by atoms with Crippen molar-refractivity contribution in [3.63, 3.8) is 0 Å². The number of nitrogens with zero attached hydrogens (tertiary/aromatic N) is 2. The topological polar surface area (TPSA) is 79.4 Å². The predicted molar refractivity (Wildman–Crippen MR) is 60.2 cm³/mol. The first-order valence-electron chi connectivity index (χ1n) is 5.14. The summed E-state index contributed by atoms with van der Waals surface area (Å²) >= 11 is 0. The van der Waals surface area contributed by atoms with E-state index < -0.39 is 0 Å². The molecule has 0 fully saturated rings. The van der Waals surface area contributed by atoms with Gasteiger partial charge in [-0.15, -0.1) is 0 Å². The third-order valence-electron chi connectivity index (χ3n) is 1.98. The van der Waals surface area contributed by atoms with Crippen molar-refractivity contribution in [3.8, 4) is 0 Å². The molecule has 16 heavy (non-hydrogen) atoms. The van der Waals surface area contributed by atoms with Crippen LogP contribution in [0.15, 0.2) is 16.9 Å². The maximum Gasteiger partial charge on any atom is 0.266 e. The molecule has 1 heterocycles. The van der Waals surface area contributed by atoms with Gasteiger partial charge in [0.05, 0.1) is 13.2 Å². The van der Waals surface area contributed by atoms with Gasteiger partial charge in [-0.3, -0.25) is 4.79 Å². The highest BCUT2D eigenvalue weighted by Crippen LogP contribution is 1.91. The van der Waals surface area contributed by atoms with Gasteiger partial charge in [0.15, 0.2) is 0 Å². The minimum atomic E-state index is -0.147. The van der Waals surface area contributed by atoms with E-state index in [2.05, 4.69) is 5.10 Å². The molecule has 0 aliphatic heterocycles. The first-order chi connectivity index (χ1) is 7.74. The van der Waals surface area contributed by atoms with E-state index in [-0.39, 0.29) is 5.56 Å². The van der Waals surface area contributed by atoms with Crippen LogP contribution >= 0.6 is 0 Å². The molecule has 0 aliphatic rings. The second kappa shape index (κ2) is 6.97. The van der Waals surface area contributed by atoms with E-state index >= 15 is 0 Å². The normalized spacial score (nSPS) is 10.6. The molecule has 0 spiro atoms. The van der Waals surface area contributed by atoms with Crippen LogP contribution < -0.4 is 11.3 Å². The monoisotopic (exact) mass is 227 g/mol. The Labute approximate surface area is 94.0 Å². The highest BCUT2D eigenvalue weighted by atomic mass is 16.5. The largest absolute Gasteiger partial charge is 0.382 e. The number of rotatable bonds is 7. The Balaban J connectivity index is 2.26. The number of nitrogen functional groups attached to an aromatic ring is 1. The molecular formula is C10H17N3O3. The average Bonchev–Trinajstić information content (AvgIpc) is 2.28. The van der Waals surface area contributed by atoms with Crippen LogP contribution in [-0.2, 0) is 16.0 Å². The number of hydrogen-bond donors (Lipinski definition) is 1. The summed E-state index contributed by atoms with van der Waals surface area (Å²) in [4.78, 5) is 11.3. The minimum Gasteiger partial charge on any atom is -0.382 e. The van der Waals surface area contributed by atoms with Crippen molar-refractivity contribution >= 4 is 5.82 Å². The molecule has 1 rings (SSSR count). The smallest absolute Gasteiger partial charge is 0.266 e. The molecule has 0 unspecified atom stereocenters. The lowest BCUT2D eigenvalue weighted by atomic mass is 10.4. The SMILES string of the molecule is COCCOCCCn1nc(N)ccc1=O. The van der Waals surface area contributed by atoms with Gasteiger partial charge in [-0.2, -0.15) is 5.10 Å². The number of ether oxygens (including phenoxy) is 2. The van der Waals surface area contributed by atoms with Crippen molar-refractivity contribution in [1.82, 2.24) is 9.78 Å². The number of nitrogens with two attached hydrogens (primary N) is 1. The standard InChI is InChI=1S/C10H17N3O3/c1-15-7-8-16-6-2-5-13-10(14)4-3-9(11)12-13/h3-4H,2,5-8H2,1H3,(H2,11,12). The third-order valence-corrected chi connectivity index (χ3v) is 1.98. The van der Waals surface area contributed by atoms with Crippen LogP contribution in [0.25, 0.3) is 0 Å². The Hall–Kier alpha value is -1.40. The van der Waals surface area contributed by atoms with Crippen LogP contribution in [0.1, 0.15) is 6.42 Å². The predicted octanol–water partition coefficient (Wildman–Crippen LogP) is -0.121. The van der Waals surface area contributed by atoms with Gasteiger partial charge in [0.2, 0.25) is 0 Å². The van der Waals surface area contributed by atoms with Crippen molar-refractivity contribution in [2.45, 2.75) is 13.0 Å². The molecule has 0 radical (unpaired) electrons. The number of hydrogen-bond acceptors (Lipinski definition) is 5. The number of aryl methyl sites for hydroxylation is 1. The first-order valence-corrected chi connectivity index (χ1v) is 5.14. The Morgan fingerprint density at radius 1 is 1.38 bits per heavy atom. The van der Waals surface area contributed by atoms with Crippen LogP contribution in [0.5, 0.6) is 0 Å². The van der Waals surface area contributed by atoms with Gasteiger partial charge in [0.1, 0.15) is 5.82 Å². The van der Waals surface area contributed by atoms with Crippen LogP contribution in [-0.4, -0.2) is 36.7 Å². The number of methoxy groups -OCH3 is 1. The third kappa shape index (κ3) is 4.41. The molecule has 0 atom stereocenters. The van der Waals surface area contributed by atoms with Crippen molar-refractivity contribution in [2.24, 2.45) is 0 Å². The molecule has 0 aromatic carbocycles. The molecule has 90 valence electrons. The highest BCUT2D eigenvalue weighted by molar-refractivity contribution is 5.23. The molecule has 2 N–H and O–H groups in total. The summed E-state index contributed by atoms with van der Waals surface area (Å²) < 4.78 is 11.4. The quantitative estimate of drug-likeness (QED) is 0.657. The maximum absolute atomic E-state index is 11.3. The zero-order valence-electron chi connectivity index (χ0n) is 9.39. The van der Waals surface area contributed by atoms with Crippen LogP contribution in [0.4, 0.5) is 5.82 Å². The maximum atomic E-state index is 11.3. The zero-order valence-corrected chi connectivity index (χ0v) is 9.39. The summed E-state index contributed by atoms with van der Waals surface area (Å²) in [6.45, 7) is 2.23. The van der Waals surface area contributed by atoms with Gasteiger partial charge in [-0.25, -0.2) is 4.68 Å². The summed E-state index contributed by atoms with van der Waals surface area (Å²) in [5.41, 5.74) is 5.33. The van der Waals surface area contributed by atoms with Gasteiger partial charge >= 0.3 is 0 Å². The van der Waals surface area contributed by atoms with Crippen molar-refractivity contribution in [1.29, 1.82) is 0 Å². The first kappa shape index (κ1) is 12.7. The fraction of sp³-hybridized carbons (Fsp3) is 0.600. The summed E-state index contributed by atoms with van der Waals surface area (Å²) in [6, 6.07) is 2.90. The van der Waals surface area contributed by atoms with E-state index in [9.17, 15) is 4.79 Å². The van der Waals surface area contributed by atoms with Gasteiger partial charge in [0, 0.05) is 26.3 Å². The molecule has 6 nitrogen and oxygen atoms in total. The average molecular weight is 227 g/mol. The summed E-state index contributed by atoms with van der Waals surface area (Å²) in [5, 5.41) is 3.91. The molecule has 0 bridgehead atoms. The van der Waals surface area contributed by atoms with Crippen molar-refractivity contribution in [2.75, 3.05) is 32.7 Å². The zero-order chi connectivity index (χ0) is 11.8. The van der Waals surface area contributed by atoms with Gasteiger partial charge in [-0.05, 0) is 12.5 Å². The Bertz CT molecular complexity index is 365. The van der Waals surface area contributed by atoms with Crippen molar-refractivity contribution < 1.29 is 9.47 Å². The Morgan fingerprint density at radius 3 is 2.94 bits per heavy atom. The lowest BCUT2D eigenvalue weighted by Crippen LogP contribution is -2.23. The Morgan fingerprint density at radius 2 is 2.19 bits per heavy atom. The minimum absolute atomic E-state index is 0.147. The fourth-order valence-electron chi connectivity index (χ4n) is 1.19. The molecule has 0 aliphatic carbocycles. The van der Waals surface area contributed by atoms with Gasteiger partial charge < -0.3 is 15.2 Å². The molecular weight excluding hydrogens is 210 g/mol. The van der Waals surface area contributed by atoms with E-state index in [0.717, 1.165) is 6.42 Å². The van der Waals surface area contributed by atoms with Gasteiger partial charge in [-0.1, -0.05) is 0 Å². The van der Waals surface area contributed by atoms with E-state index in [1.807, 2.05) is 0 Å². The number of anilines is 1. The molecule has 0 saturated heterocycles. The van der Waals surface area contributed by atoms with Crippen LogP contribution in [0.2, 0.25) is 0 Å². The summed E-state index contributed by atoms with van der Waals surface area (Å²) in [5.74, 6) is 0.347. The molecule has 6 heteroatoms. The van der Waals surface area contributed by atoms with Gasteiger partial charge in [0.25, 0.3) is 5.56 Å². The van der Waals surface area contributed by atoms with E-state index in [1.165, 1.54) is 16.8 Å². The molecule has 1 aromatic rings. The van der Waals surface area contributed by atoms with E-state index in [4.69, 9.17) is 15.2 Å². The van der Waals surface area contributed by atoms with Crippen molar-refractivity contribution in [3.05, 3.63) is 22.5 Å². The second-order valence-electron chi connectivity index (χ2n) is 3.28. The molecule has 0 amide bonds. The lowest BCUT2D eigenvalue weighted by molar-refractivity contribution is 0.0675. The Kier molecular flexibility index (Phi) is 5.52. The molecule has 0 saturated carbocycles. The summed E-state index contributed by atoms with van der Waals surface area (Å²) in [7, 11) is 1.62. The van der Waals surface area contributed by atoms with Crippen LogP contribution in [0.3, 0.4) is 0 Å². The fourth-order valence-corrected chi connectivity index (χ4v) is 1.19. The molecule has 1 aromatic heterocycles. The van der Waals surface area contributed by atoms with E-state index in [1.54, 1.807) is 7.11 Å². The summed E-state index contributed by atoms with van der Waals surface area (Å²) in [6.07, 6.45) is 0.722. The second-order valence-corrected chi connectivity index (χ2v) is 3.28. The van der Waals surface area contributed by atoms with E-state index in [0.29, 0.717) is 32.2 Å².